The van der Waals surface area contributed by atoms with E-state index in [0.717, 1.165) is 36.8 Å². The average Bonchev–Trinajstić information content (AvgIpc) is 2.82. The number of nitrogens with zero attached hydrogens (tertiary/aromatic N) is 1. The van der Waals surface area contributed by atoms with Crippen LogP contribution in [0.3, 0.4) is 0 Å². The van der Waals surface area contributed by atoms with Crippen LogP contribution in [0, 0.1) is 11.8 Å². The Morgan fingerprint density at radius 2 is 1.10 bits per heavy atom. The molecule has 170 valence electrons. The summed E-state index contributed by atoms with van der Waals surface area (Å²) in [5.41, 5.74) is 0. The first-order valence-corrected chi connectivity index (χ1v) is 13.3. The topological polar surface area (TPSA) is 29.5 Å². The minimum absolute atomic E-state index is 0.113. The lowest BCUT2D eigenvalue weighted by molar-refractivity contribution is -0.145. The number of rotatable bonds is 6. The highest BCUT2D eigenvalue weighted by atomic mass is 16.5. The second-order valence-electron chi connectivity index (χ2n) is 10.8. The number of carbonyl (C=O) groups is 1. The van der Waals surface area contributed by atoms with Crippen LogP contribution in [0.1, 0.15) is 116 Å². The lowest BCUT2D eigenvalue weighted by Gasteiger charge is -2.49. The molecule has 0 spiro atoms. The van der Waals surface area contributed by atoms with Gasteiger partial charge in [-0.25, -0.2) is 4.79 Å². The minimum Gasteiger partial charge on any atom is -0.459 e. The van der Waals surface area contributed by atoms with Gasteiger partial charge in [0.05, 0.1) is 0 Å². The molecule has 0 bridgehead atoms. The van der Waals surface area contributed by atoms with Crippen LogP contribution >= 0.6 is 0 Å². The van der Waals surface area contributed by atoms with E-state index in [4.69, 9.17) is 4.74 Å². The number of esters is 1. The van der Waals surface area contributed by atoms with Crippen molar-refractivity contribution < 1.29 is 9.53 Å². The molecule has 0 unspecified atom stereocenters. The normalized spacial score (nSPS) is 34.6. The van der Waals surface area contributed by atoms with Crippen molar-refractivity contribution in [1.29, 1.82) is 0 Å². The Morgan fingerprint density at radius 1 is 0.633 bits per heavy atom. The van der Waals surface area contributed by atoms with Crippen molar-refractivity contribution in [2.24, 2.45) is 11.8 Å². The maximum atomic E-state index is 11.6. The van der Waals surface area contributed by atoms with Crippen molar-refractivity contribution in [2.45, 2.75) is 140 Å². The average molecular weight is 416 g/mol. The van der Waals surface area contributed by atoms with E-state index >= 15 is 0 Å². The largest absolute Gasteiger partial charge is 0.459 e. The van der Waals surface area contributed by atoms with Gasteiger partial charge >= 0.3 is 5.97 Å². The van der Waals surface area contributed by atoms with Gasteiger partial charge in [-0.3, -0.25) is 4.90 Å². The van der Waals surface area contributed by atoms with Crippen molar-refractivity contribution in [1.82, 2.24) is 4.90 Å². The van der Waals surface area contributed by atoms with Gasteiger partial charge in [-0.2, -0.15) is 0 Å². The molecule has 0 aromatic heterocycles. The van der Waals surface area contributed by atoms with Crippen molar-refractivity contribution in [3.63, 3.8) is 0 Å². The Labute approximate surface area is 185 Å². The summed E-state index contributed by atoms with van der Waals surface area (Å²) in [6.45, 7) is 3.55. The maximum Gasteiger partial charge on any atom is 0.330 e. The monoisotopic (exact) mass is 415 g/mol. The lowest BCUT2D eigenvalue weighted by atomic mass is 9.71. The molecule has 4 rings (SSSR count). The summed E-state index contributed by atoms with van der Waals surface area (Å²) in [5.74, 6) is 1.81. The van der Waals surface area contributed by atoms with Crippen LogP contribution in [-0.4, -0.2) is 35.1 Å². The molecule has 0 N–H and O–H groups in total. The summed E-state index contributed by atoms with van der Waals surface area (Å²) < 4.78 is 5.57. The van der Waals surface area contributed by atoms with E-state index in [1.54, 1.807) is 0 Å². The predicted molar refractivity (Wildman–Crippen MR) is 123 cm³/mol. The van der Waals surface area contributed by atoms with E-state index < -0.39 is 0 Å². The Bertz CT molecular complexity index is 533. The molecule has 0 amide bonds. The van der Waals surface area contributed by atoms with E-state index in [9.17, 15) is 4.79 Å². The summed E-state index contributed by atoms with van der Waals surface area (Å²) in [6.07, 6.45) is 26.3. The SMILES string of the molecule is C=CC(=O)OC1CCC(N(C2CCCCC2)C2CCC(C3CCCCC3)CC2)CC1. The van der Waals surface area contributed by atoms with Crippen LogP contribution in [-0.2, 0) is 9.53 Å². The van der Waals surface area contributed by atoms with Gasteiger partial charge < -0.3 is 4.74 Å². The molecule has 0 radical (unpaired) electrons. The van der Waals surface area contributed by atoms with E-state index in [2.05, 4.69) is 11.5 Å². The van der Waals surface area contributed by atoms with E-state index in [1.807, 2.05) is 0 Å². The molecule has 0 atom stereocenters. The molecule has 0 aliphatic heterocycles. The van der Waals surface area contributed by atoms with Crippen LogP contribution in [0.15, 0.2) is 12.7 Å². The molecule has 4 saturated carbocycles. The third kappa shape index (κ3) is 5.69. The highest BCUT2D eigenvalue weighted by Crippen LogP contribution is 2.42. The third-order valence-electron chi connectivity index (χ3n) is 8.99. The van der Waals surface area contributed by atoms with Crippen molar-refractivity contribution in [3.05, 3.63) is 12.7 Å². The zero-order chi connectivity index (χ0) is 20.8. The summed E-state index contributed by atoms with van der Waals surface area (Å²) in [6, 6.07) is 2.33. The Balaban J connectivity index is 1.35. The zero-order valence-electron chi connectivity index (χ0n) is 19.2. The first kappa shape index (κ1) is 22.4. The molecule has 3 nitrogen and oxygen atoms in total. The fourth-order valence-electron chi connectivity index (χ4n) is 7.42. The van der Waals surface area contributed by atoms with Crippen molar-refractivity contribution >= 4 is 5.97 Å². The van der Waals surface area contributed by atoms with Gasteiger partial charge in [0.2, 0.25) is 0 Å². The minimum atomic E-state index is -0.247. The molecule has 0 aromatic carbocycles. The Hall–Kier alpha value is -0.830. The zero-order valence-corrected chi connectivity index (χ0v) is 19.2. The van der Waals surface area contributed by atoms with Gasteiger partial charge in [0.25, 0.3) is 0 Å². The van der Waals surface area contributed by atoms with Gasteiger partial charge in [0, 0.05) is 24.2 Å². The van der Waals surface area contributed by atoms with Gasteiger partial charge in [-0.15, -0.1) is 0 Å². The van der Waals surface area contributed by atoms with E-state index in [1.165, 1.54) is 109 Å². The summed E-state index contributed by atoms with van der Waals surface area (Å²) in [5, 5.41) is 0. The maximum absolute atomic E-state index is 11.6. The van der Waals surface area contributed by atoms with Gasteiger partial charge in [0.15, 0.2) is 0 Å². The highest BCUT2D eigenvalue weighted by molar-refractivity contribution is 5.81. The molecule has 0 aromatic rings. The fraction of sp³-hybridized carbons (Fsp3) is 0.889. The summed E-state index contributed by atoms with van der Waals surface area (Å²) in [7, 11) is 0. The van der Waals surface area contributed by atoms with Crippen LogP contribution in [0.25, 0.3) is 0 Å². The van der Waals surface area contributed by atoms with Gasteiger partial charge in [-0.05, 0) is 76.0 Å². The summed E-state index contributed by atoms with van der Waals surface area (Å²) in [4.78, 5) is 14.6. The van der Waals surface area contributed by atoms with E-state index in [-0.39, 0.29) is 12.1 Å². The van der Waals surface area contributed by atoms with E-state index in [0.29, 0.717) is 6.04 Å². The molecule has 0 saturated heterocycles. The van der Waals surface area contributed by atoms with Crippen LogP contribution in [0.4, 0.5) is 0 Å². The first-order valence-electron chi connectivity index (χ1n) is 13.3. The smallest absolute Gasteiger partial charge is 0.330 e. The standard InChI is InChI=1S/C27H45NO2/c1-2-27(29)30-26-19-17-25(18-20-26)28(23-11-7-4-8-12-23)24-15-13-22(14-16-24)21-9-5-3-6-10-21/h2,21-26H,1,3-20H2. The molecule has 0 heterocycles. The molecule has 4 fully saturated rings. The van der Waals surface area contributed by atoms with Crippen molar-refractivity contribution in [3.8, 4) is 0 Å². The number of ether oxygens (including phenoxy) is 1. The predicted octanol–water partition coefficient (Wildman–Crippen LogP) is 6.80. The molecule has 30 heavy (non-hydrogen) atoms. The van der Waals surface area contributed by atoms with Crippen LogP contribution in [0.2, 0.25) is 0 Å². The summed E-state index contributed by atoms with van der Waals surface area (Å²) >= 11 is 0. The first-order chi connectivity index (χ1) is 14.7. The lowest BCUT2D eigenvalue weighted by Crippen LogP contribution is -2.53. The quantitative estimate of drug-likeness (QED) is 0.353. The third-order valence-corrected chi connectivity index (χ3v) is 8.99. The number of hydrogen-bond donors (Lipinski definition) is 0. The van der Waals surface area contributed by atoms with Gasteiger partial charge in [-0.1, -0.05) is 57.9 Å². The highest BCUT2D eigenvalue weighted by Gasteiger charge is 2.38. The molecular weight excluding hydrogens is 370 g/mol. The molecule has 4 aliphatic carbocycles. The fourth-order valence-corrected chi connectivity index (χ4v) is 7.42. The number of carbonyl (C=O) groups excluding carboxylic acids is 1. The molecule has 4 aliphatic rings. The van der Waals surface area contributed by atoms with Crippen LogP contribution in [0.5, 0.6) is 0 Å². The Morgan fingerprint density at radius 3 is 1.67 bits per heavy atom. The van der Waals surface area contributed by atoms with Crippen molar-refractivity contribution in [2.75, 3.05) is 0 Å². The molecule has 3 heteroatoms. The Kier molecular flexibility index (Phi) is 8.32. The number of hydrogen-bond acceptors (Lipinski definition) is 3. The van der Waals surface area contributed by atoms with Gasteiger partial charge in [0.1, 0.15) is 6.10 Å². The van der Waals surface area contributed by atoms with Crippen LogP contribution < -0.4 is 0 Å². The molecular formula is C27H45NO2. The second-order valence-corrected chi connectivity index (χ2v) is 10.8. The second kappa shape index (κ2) is 11.2.